The molecule has 1 aliphatic rings. The number of rotatable bonds is 5. The molecule has 0 aliphatic carbocycles. The fourth-order valence-corrected chi connectivity index (χ4v) is 2.82. The second-order valence-electron chi connectivity index (χ2n) is 5.92. The molecule has 1 aromatic rings. The number of unbranched alkanes of at least 4 members (excludes halogenated alkanes) is 1. The van der Waals surface area contributed by atoms with Gasteiger partial charge in [0.15, 0.2) is 0 Å². The van der Waals surface area contributed by atoms with Gasteiger partial charge in [-0.15, -0.1) is 0 Å². The summed E-state index contributed by atoms with van der Waals surface area (Å²) in [5.74, 6) is 1.23. The van der Waals surface area contributed by atoms with E-state index in [0.29, 0.717) is 12.3 Å². The van der Waals surface area contributed by atoms with E-state index in [9.17, 15) is 4.79 Å². The van der Waals surface area contributed by atoms with E-state index in [0.717, 1.165) is 63.4 Å². The van der Waals surface area contributed by atoms with Gasteiger partial charge in [0.2, 0.25) is 5.91 Å². The molecule has 2 heterocycles. The summed E-state index contributed by atoms with van der Waals surface area (Å²) in [7, 11) is 0. The van der Waals surface area contributed by atoms with Crippen LogP contribution in [0.1, 0.15) is 49.6 Å². The van der Waals surface area contributed by atoms with Crippen LogP contribution in [-0.2, 0) is 11.3 Å². The van der Waals surface area contributed by atoms with Crippen LogP contribution in [0.4, 0.5) is 0 Å². The van der Waals surface area contributed by atoms with E-state index in [1.807, 2.05) is 18.7 Å². The minimum absolute atomic E-state index is 0.316. The van der Waals surface area contributed by atoms with Gasteiger partial charge in [-0.05, 0) is 26.7 Å². The Hall–Kier alpha value is -1.36. The van der Waals surface area contributed by atoms with E-state index < -0.39 is 0 Å². The van der Waals surface area contributed by atoms with Crippen LogP contribution >= 0.6 is 0 Å². The van der Waals surface area contributed by atoms with E-state index >= 15 is 0 Å². The first-order chi connectivity index (χ1) is 10.1. The zero-order valence-corrected chi connectivity index (χ0v) is 13.5. The van der Waals surface area contributed by atoms with E-state index in [1.54, 1.807) is 0 Å². The van der Waals surface area contributed by atoms with Gasteiger partial charge in [0, 0.05) is 44.7 Å². The Morgan fingerprint density at radius 2 is 2.05 bits per heavy atom. The summed E-state index contributed by atoms with van der Waals surface area (Å²) in [6, 6.07) is 0. The normalized spacial score (nSPS) is 17.0. The average Bonchev–Trinajstić information content (AvgIpc) is 2.70. The number of aromatic nitrogens is 1. The Morgan fingerprint density at radius 3 is 2.71 bits per heavy atom. The van der Waals surface area contributed by atoms with Crippen LogP contribution in [0.2, 0.25) is 0 Å². The highest BCUT2D eigenvalue weighted by Gasteiger charge is 2.20. The molecule has 1 fully saturated rings. The fraction of sp³-hybridized carbons (Fsp3) is 0.750. The third-order valence-corrected chi connectivity index (χ3v) is 4.25. The van der Waals surface area contributed by atoms with E-state index in [1.165, 1.54) is 5.56 Å². The van der Waals surface area contributed by atoms with Gasteiger partial charge < -0.3 is 9.42 Å². The summed E-state index contributed by atoms with van der Waals surface area (Å²) >= 11 is 0. The molecule has 1 aromatic heterocycles. The maximum absolute atomic E-state index is 12.1. The van der Waals surface area contributed by atoms with Gasteiger partial charge in [-0.3, -0.25) is 9.69 Å². The molecule has 2 rings (SSSR count). The predicted molar refractivity (Wildman–Crippen MR) is 82.0 cm³/mol. The molecule has 5 heteroatoms. The minimum atomic E-state index is 0.316. The van der Waals surface area contributed by atoms with Gasteiger partial charge in [0.25, 0.3) is 0 Å². The molecular formula is C16H27N3O2. The van der Waals surface area contributed by atoms with Gasteiger partial charge >= 0.3 is 0 Å². The maximum atomic E-state index is 12.1. The molecule has 0 N–H and O–H groups in total. The van der Waals surface area contributed by atoms with Crippen molar-refractivity contribution in [2.45, 2.75) is 53.0 Å². The maximum Gasteiger partial charge on any atom is 0.222 e. The van der Waals surface area contributed by atoms with E-state index in [4.69, 9.17) is 4.52 Å². The highest BCUT2D eigenvalue weighted by Crippen LogP contribution is 2.16. The molecule has 21 heavy (non-hydrogen) atoms. The van der Waals surface area contributed by atoms with Crippen LogP contribution in [0.15, 0.2) is 4.52 Å². The molecule has 0 unspecified atom stereocenters. The van der Waals surface area contributed by atoms with Gasteiger partial charge in [-0.25, -0.2) is 0 Å². The fourth-order valence-electron chi connectivity index (χ4n) is 2.82. The summed E-state index contributed by atoms with van der Waals surface area (Å²) in [4.78, 5) is 16.6. The van der Waals surface area contributed by atoms with Crippen molar-refractivity contribution < 1.29 is 9.32 Å². The summed E-state index contributed by atoms with van der Waals surface area (Å²) in [6.45, 7) is 10.6. The van der Waals surface area contributed by atoms with Crippen molar-refractivity contribution in [1.29, 1.82) is 0 Å². The van der Waals surface area contributed by atoms with Gasteiger partial charge in [-0.2, -0.15) is 0 Å². The SMILES string of the molecule is CCCCC(=O)N1CCCN(Cc2c(C)noc2C)CC1. The Balaban J connectivity index is 1.87. The number of hydrogen-bond donors (Lipinski definition) is 0. The molecule has 0 bridgehead atoms. The molecule has 0 saturated carbocycles. The molecule has 0 atom stereocenters. The molecular weight excluding hydrogens is 266 g/mol. The molecule has 1 aliphatic heterocycles. The Labute approximate surface area is 127 Å². The second-order valence-corrected chi connectivity index (χ2v) is 5.92. The standard InChI is InChI=1S/C16H27N3O2/c1-4-5-7-16(20)19-9-6-8-18(10-11-19)12-15-13(2)17-21-14(15)3/h4-12H2,1-3H3. The van der Waals surface area contributed by atoms with Crippen molar-refractivity contribution in [3.05, 3.63) is 17.0 Å². The summed E-state index contributed by atoms with van der Waals surface area (Å²) in [6.07, 6.45) is 3.82. The van der Waals surface area contributed by atoms with Crippen LogP contribution in [0.25, 0.3) is 0 Å². The monoisotopic (exact) mass is 293 g/mol. The highest BCUT2D eigenvalue weighted by atomic mass is 16.5. The zero-order chi connectivity index (χ0) is 15.2. The molecule has 1 saturated heterocycles. The molecule has 118 valence electrons. The van der Waals surface area contributed by atoms with Gasteiger partial charge in [-0.1, -0.05) is 18.5 Å². The predicted octanol–water partition coefficient (Wildman–Crippen LogP) is 2.52. The van der Waals surface area contributed by atoms with Gasteiger partial charge in [0.1, 0.15) is 5.76 Å². The third-order valence-electron chi connectivity index (χ3n) is 4.25. The van der Waals surface area contributed by atoms with Crippen LogP contribution in [0.5, 0.6) is 0 Å². The van der Waals surface area contributed by atoms with Crippen molar-refractivity contribution in [2.75, 3.05) is 26.2 Å². The van der Waals surface area contributed by atoms with Crippen LogP contribution in [-0.4, -0.2) is 47.0 Å². The number of aryl methyl sites for hydroxylation is 2. The number of nitrogens with zero attached hydrogens (tertiary/aromatic N) is 3. The van der Waals surface area contributed by atoms with Crippen LogP contribution in [0.3, 0.4) is 0 Å². The lowest BCUT2D eigenvalue weighted by Crippen LogP contribution is -2.35. The first-order valence-corrected chi connectivity index (χ1v) is 8.03. The summed E-state index contributed by atoms with van der Waals surface area (Å²) in [5, 5.41) is 4.02. The lowest BCUT2D eigenvalue weighted by Gasteiger charge is -2.22. The third kappa shape index (κ3) is 4.30. The Bertz CT molecular complexity index is 451. The number of hydrogen-bond acceptors (Lipinski definition) is 4. The van der Waals surface area contributed by atoms with Crippen LogP contribution in [0, 0.1) is 13.8 Å². The number of amides is 1. The number of carbonyl (C=O) groups excluding carboxylic acids is 1. The molecule has 0 aromatic carbocycles. The highest BCUT2D eigenvalue weighted by molar-refractivity contribution is 5.76. The smallest absolute Gasteiger partial charge is 0.222 e. The Morgan fingerprint density at radius 1 is 1.24 bits per heavy atom. The first-order valence-electron chi connectivity index (χ1n) is 8.03. The van der Waals surface area contributed by atoms with Crippen LogP contribution < -0.4 is 0 Å². The zero-order valence-electron chi connectivity index (χ0n) is 13.5. The van der Waals surface area contributed by atoms with Crippen molar-refractivity contribution in [2.24, 2.45) is 0 Å². The quantitative estimate of drug-likeness (QED) is 0.837. The van der Waals surface area contributed by atoms with Crippen molar-refractivity contribution >= 4 is 5.91 Å². The van der Waals surface area contributed by atoms with Gasteiger partial charge in [0.05, 0.1) is 5.69 Å². The molecule has 0 spiro atoms. The second kappa shape index (κ2) is 7.59. The Kier molecular flexibility index (Phi) is 5.79. The average molecular weight is 293 g/mol. The largest absolute Gasteiger partial charge is 0.361 e. The summed E-state index contributed by atoms with van der Waals surface area (Å²) < 4.78 is 5.23. The van der Waals surface area contributed by atoms with E-state index in [-0.39, 0.29) is 0 Å². The molecule has 1 amide bonds. The first kappa shape index (κ1) is 16.0. The van der Waals surface area contributed by atoms with Crippen molar-refractivity contribution in [3.8, 4) is 0 Å². The summed E-state index contributed by atoms with van der Waals surface area (Å²) in [5.41, 5.74) is 2.17. The molecule has 0 radical (unpaired) electrons. The van der Waals surface area contributed by atoms with Crippen molar-refractivity contribution in [3.63, 3.8) is 0 Å². The topological polar surface area (TPSA) is 49.6 Å². The molecule has 5 nitrogen and oxygen atoms in total. The van der Waals surface area contributed by atoms with Crippen molar-refractivity contribution in [1.82, 2.24) is 15.0 Å². The lowest BCUT2D eigenvalue weighted by molar-refractivity contribution is -0.131. The lowest BCUT2D eigenvalue weighted by atomic mass is 10.2. The minimum Gasteiger partial charge on any atom is -0.361 e. The van der Waals surface area contributed by atoms with E-state index in [2.05, 4.69) is 17.0 Å². The number of carbonyl (C=O) groups is 1.